The smallest absolute Gasteiger partial charge is 0.212 e. The Balaban J connectivity index is 2.08. The minimum Gasteiger partial charge on any atom is -0.329 e. The quantitative estimate of drug-likeness (QED) is 0.749. The fraction of sp³-hybridized carbons (Fsp3) is 0.100. The number of rotatable bonds is 4. The molecule has 0 spiro atoms. The Hall–Kier alpha value is -2.17. The van der Waals surface area contributed by atoms with Crippen LogP contribution in [0.15, 0.2) is 36.9 Å². The van der Waals surface area contributed by atoms with Gasteiger partial charge in [0.05, 0.1) is 18.6 Å². The predicted molar refractivity (Wildman–Crippen MR) is 55.3 cm³/mol. The van der Waals surface area contributed by atoms with Crippen LogP contribution in [0.1, 0.15) is 5.69 Å². The van der Waals surface area contributed by atoms with Gasteiger partial charge in [0.2, 0.25) is 6.41 Å². The van der Waals surface area contributed by atoms with Gasteiger partial charge in [-0.15, -0.1) is 0 Å². The maximum Gasteiger partial charge on any atom is 0.212 e. The number of carbonyl (C=O) groups is 1. The lowest BCUT2D eigenvalue weighted by Gasteiger charge is -1.99. The number of hydrogen-bond donors (Lipinski definition) is 1. The van der Waals surface area contributed by atoms with Gasteiger partial charge >= 0.3 is 0 Å². The molecule has 0 atom stereocenters. The minimum atomic E-state index is 0.543. The fourth-order valence-electron chi connectivity index (χ4n) is 1.26. The highest BCUT2D eigenvalue weighted by Crippen LogP contribution is 2.04. The second-order valence-electron chi connectivity index (χ2n) is 3.01. The van der Waals surface area contributed by atoms with Crippen LogP contribution >= 0.6 is 0 Å². The fourth-order valence-corrected chi connectivity index (χ4v) is 1.26. The Kier molecular flexibility index (Phi) is 2.73. The molecule has 2 aromatic heterocycles. The molecule has 2 heterocycles. The molecule has 1 N–H and O–H groups in total. The van der Waals surface area contributed by atoms with E-state index in [1.54, 1.807) is 18.7 Å². The van der Waals surface area contributed by atoms with Gasteiger partial charge in [0.25, 0.3) is 0 Å². The molecular formula is C10H10N4O. The number of carbonyl (C=O) groups excluding carboxylic acids is 1. The zero-order chi connectivity index (χ0) is 10.5. The molecule has 2 rings (SSSR count). The van der Waals surface area contributed by atoms with Crippen molar-refractivity contribution < 1.29 is 4.79 Å². The van der Waals surface area contributed by atoms with Crippen LogP contribution in [-0.2, 0) is 11.3 Å². The number of pyridine rings is 1. The van der Waals surface area contributed by atoms with Crippen LogP contribution in [0, 0.1) is 0 Å². The maximum absolute atomic E-state index is 10.2. The Morgan fingerprint density at radius 3 is 3.07 bits per heavy atom. The first-order valence-corrected chi connectivity index (χ1v) is 4.50. The van der Waals surface area contributed by atoms with E-state index in [2.05, 4.69) is 15.3 Å². The van der Waals surface area contributed by atoms with Crippen molar-refractivity contribution in [1.82, 2.24) is 14.5 Å². The zero-order valence-electron chi connectivity index (χ0n) is 8.00. The highest BCUT2D eigenvalue weighted by atomic mass is 16.1. The number of amides is 1. The first-order chi connectivity index (χ1) is 7.38. The van der Waals surface area contributed by atoms with Gasteiger partial charge < -0.3 is 9.88 Å². The number of nitrogens with one attached hydrogen (secondary N) is 1. The van der Waals surface area contributed by atoms with Gasteiger partial charge in [0, 0.05) is 12.4 Å². The number of imidazole rings is 1. The molecule has 0 aliphatic rings. The van der Waals surface area contributed by atoms with Gasteiger partial charge in [0.1, 0.15) is 0 Å². The number of hydrogen-bond acceptors (Lipinski definition) is 3. The second kappa shape index (κ2) is 4.36. The van der Waals surface area contributed by atoms with E-state index < -0.39 is 0 Å². The molecule has 0 aromatic carbocycles. The Labute approximate surface area is 86.8 Å². The predicted octanol–water partition coefficient (Wildman–Crippen LogP) is 0.895. The molecule has 0 fully saturated rings. The lowest BCUT2D eigenvalue weighted by Crippen LogP contribution is -1.98. The van der Waals surface area contributed by atoms with Crippen molar-refractivity contribution in [3.05, 3.63) is 42.6 Å². The van der Waals surface area contributed by atoms with E-state index >= 15 is 0 Å². The molecule has 5 heteroatoms. The van der Waals surface area contributed by atoms with Crippen molar-refractivity contribution in [3.8, 4) is 0 Å². The summed E-state index contributed by atoms with van der Waals surface area (Å²) in [5, 5.41) is 2.48. The van der Waals surface area contributed by atoms with Gasteiger partial charge in [-0.25, -0.2) is 4.98 Å². The third-order valence-corrected chi connectivity index (χ3v) is 1.91. The van der Waals surface area contributed by atoms with E-state index in [0.29, 0.717) is 18.8 Å². The molecular weight excluding hydrogens is 192 g/mol. The summed E-state index contributed by atoms with van der Waals surface area (Å²) in [6, 6.07) is 5.74. The van der Waals surface area contributed by atoms with E-state index in [0.717, 1.165) is 5.69 Å². The topological polar surface area (TPSA) is 59.8 Å². The van der Waals surface area contributed by atoms with Crippen molar-refractivity contribution in [3.63, 3.8) is 0 Å². The number of nitrogens with zero attached hydrogens (tertiary/aromatic N) is 3. The second-order valence-corrected chi connectivity index (χ2v) is 3.01. The normalized spacial score (nSPS) is 9.87. The van der Waals surface area contributed by atoms with Crippen molar-refractivity contribution in [1.29, 1.82) is 0 Å². The summed E-state index contributed by atoms with van der Waals surface area (Å²) in [5.74, 6) is 0.543. The number of aromatic nitrogens is 3. The van der Waals surface area contributed by atoms with Crippen LogP contribution in [0.4, 0.5) is 5.82 Å². The summed E-state index contributed by atoms with van der Waals surface area (Å²) >= 11 is 0. The first kappa shape index (κ1) is 9.39. The van der Waals surface area contributed by atoms with Crippen LogP contribution in [0.2, 0.25) is 0 Å². The van der Waals surface area contributed by atoms with Gasteiger partial charge in [-0.2, -0.15) is 0 Å². The summed E-state index contributed by atoms with van der Waals surface area (Å²) in [7, 11) is 0. The molecule has 0 saturated heterocycles. The van der Waals surface area contributed by atoms with Crippen molar-refractivity contribution in [2.75, 3.05) is 5.32 Å². The van der Waals surface area contributed by atoms with Crippen molar-refractivity contribution in [2.24, 2.45) is 0 Å². The van der Waals surface area contributed by atoms with Crippen LogP contribution in [0.25, 0.3) is 0 Å². The van der Waals surface area contributed by atoms with E-state index in [1.165, 1.54) is 0 Å². The van der Waals surface area contributed by atoms with Crippen LogP contribution in [0.5, 0.6) is 0 Å². The van der Waals surface area contributed by atoms with Gasteiger partial charge in [-0.1, -0.05) is 6.07 Å². The SMILES string of the molecule is O=CNc1cn(Cc2ccccn2)cn1. The zero-order valence-corrected chi connectivity index (χ0v) is 8.00. The maximum atomic E-state index is 10.2. The van der Waals surface area contributed by atoms with E-state index in [4.69, 9.17) is 0 Å². The molecule has 0 saturated carbocycles. The van der Waals surface area contributed by atoms with E-state index in [-0.39, 0.29) is 0 Å². The molecule has 5 nitrogen and oxygen atoms in total. The van der Waals surface area contributed by atoms with Crippen LogP contribution < -0.4 is 5.32 Å². The lowest BCUT2D eigenvalue weighted by atomic mass is 10.3. The van der Waals surface area contributed by atoms with Crippen LogP contribution in [0.3, 0.4) is 0 Å². The third kappa shape index (κ3) is 2.40. The molecule has 2 aromatic rings. The van der Waals surface area contributed by atoms with Gasteiger partial charge in [0.15, 0.2) is 5.82 Å². The molecule has 76 valence electrons. The summed E-state index contributed by atoms with van der Waals surface area (Å²) in [6.45, 7) is 0.647. The highest BCUT2D eigenvalue weighted by molar-refractivity contribution is 5.68. The molecule has 0 unspecified atom stereocenters. The average molecular weight is 202 g/mol. The standard InChI is InChI=1S/C10H10N4O/c15-8-13-10-6-14(7-12-10)5-9-3-1-2-4-11-9/h1-4,6-8H,5H2,(H,13,15). The molecule has 1 amide bonds. The lowest BCUT2D eigenvalue weighted by molar-refractivity contribution is -0.105. The number of anilines is 1. The minimum absolute atomic E-state index is 0.543. The average Bonchev–Trinajstić information content (AvgIpc) is 2.68. The third-order valence-electron chi connectivity index (χ3n) is 1.91. The molecule has 0 bridgehead atoms. The highest BCUT2D eigenvalue weighted by Gasteiger charge is 1.98. The molecule has 15 heavy (non-hydrogen) atoms. The summed E-state index contributed by atoms with van der Waals surface area (Å²) in [5.41, 5.74) is 0.951. The Bertz CT molecular complexity index is 438. The van der Waals surface area contributed by atoms with E-state index in [1.807, 2.05) is 22.8 Å². The summed E-state index contributed by atoms with van der Waals surface area (Å²) in [6.07, 6.45) is 5.76. The van der Waals surface area contributed by atoms with Gasteiger partial charge in [-0.05, 0) is 12.1 Å². The summed E-state index contributed by atoms with van der Waals surface area (Å²) in [4.78, 5) is 18.4. The van der Waals surface area contributed by atoms with Crippen LogP contribution in [-0.4, -0.2) is 20.9 Å². The molecule has 0 aliphatic carbocycles. The monoisotopic (exact) mass is 202 g/mol. The van der Waals surface area contributed by atoms with Crippen molar-refractivity contribution in [2.45, 2.75) is 6.54 Å². The summed E-state index contributed by atoms with van der Waals surface area (Å²) < 4.78 is 1.86. The van der Waals surface area contributed by atoms with E-state index in [9.17, 15) is 4.79 Å². The molecule has 0 aliphatic heterocycles. The van der Waals surface area contributed by atoms with Gasteiger partial charge in [-0.3, -0.25) is 9.78 Å². The Morgan fingerprint density at radius 2 is 2.33 bits per heavy atom. The Morgan fingerprint density at radius 1 is 1.40 bits per heavy atom. The molecule has 0 radical (unpaired) electrons. The van der Waals surface area contributed by atoms with Crippen molar-refractivity contribution >= 4 is 12.2 Å². The first-order valence-electron chi connectivity index (χ1n) is 4.50. The largest absolute Gasteiger partial charge is 0.329 e.